The summed E-state index contributed by atoms with van der Waals surface area (Å²) >= 11 is 0. The van der Waals surface area contributed by atoms with E-state index >= 15 is 0 Å². The van der Waals surface area contributed by atoms with E-state index in [1.54, 1.807) is 31.2 Å². The van der Waals surface area contributed by atoms with Crippen LogP contribution in [0.3, 0.4) is 0 Å². The maximum absolute atomic E-state index is 12.2. The zero-order valence-electron chi connectivity index (χ0n) is 16.2. The van der Waals surface area contributed by atoms with Crippen LogP contribution >= 0.6 is 0 Å². The Kier molecular flexibility index (Phi) is 7.11. The van der Waals surface area contributed by atoms with Crippen molar-refractivity contribution in [3.05, 3.63) is 64.7 Å². The molecule has 9 heteroatoms. The van der Waals surface area contributed by atoms with Gasteiger partial charge in [0.15, 0.2) is 16.4 Å². The number of rotatable bonds is 7. The third kappa shape index (κ3) is 6.72. The number of ether oxygens (including phenoxy) is 2. The second kappa shape index (κ2) is 9.33. The smallest absolute Gasteiger partial charge is 0.338 e. The van der Waals surface area contributed by atoms with Gasteiger partial charge in [-0.05, 0) is 42.3 Å². The molecule has 154 valence electrons. The quantitative estimate of drug-likeness (QED) is 0.683. The lowest BCUT2D eigenvalue weighted by molar-refractivity contribution is -0.119. The number of sulfone groups is 1. The summed E-state index contributed by atoms with van der Waals surface area (Å²) in [6.07, 6.45) is 1.10. The first-order valence-corrected chi connectivity index (χ1v) is 10.6. The molecule has 0 heterocycles. The van der Waals surface area contributed by atoms with Crippen LogP contribution < -0.4 is 5.32 Å². The topological polar surface area (TPSA) is 116 Å². The minimum atomic E-state index is -3.24. The minimum absolute atomic E-state index is 0.141. The molecule has 0 radical (unpaired) electrons. The molecule has 2 aromatic carbocycles. The van der Waals surface area contributed by atoms with E-state index in [9.17, 15) is 22.8 Å². The van der Waals surface area contributed by atoms with Crippen LogP contribution in [0.2, 0.25) is 0 Å². The van der Waals surface area contributed by atoms with E-state index < -0.39 is 34.3 Å². The lowest BCUT2D eigenvalue weighted by Crippen LogP contribution is -2.21. The molecule has 0 aliphatic carbocycles. The normalized spacial score (nSPS) is 10.9. The Morgan fingerprint density at radius 3 is 2.34 bits per heavy atom. The van der Waals surface area contributed by atoms with Crippen molar-refractivity contribution in [3.63, 3.8) is 0 Å². The third-order valence-corrected chi connectivity index (χ3v) is 4.72. The van der Waals surface area contributed by atoms with E-state index in [-0.39, 0.29) is 16.9 Å². The van der Waals surface area contributed by atoms with Crippen molar-refractivity contribution >= 4 is 33.4 Å². The highest BCUT2D eigenvalue weighted by molar-refractivity contribution is 7.89. The average molecular weight is 419 g/mol. The average Bonchev–Trinajstić information content (AvgIpc) is 2.66. The number of hydrogen-bond acceptors (Lipinski definition) is 7. The monoisotopic (exact) mass is 419 g/mol. The van der Waals surface area contributed by atoms with Crippen LogP contribution in [0.5, 0.6) is 0 Å². The fraction of sp³-hybridized carbons (Fsp3) is 0.250. The predicted molar refractivity (Wildman–Crippen MR) is 106 cm³/mol. The van der Waals surface area contributed by atoms with Crippen LogP contribution in [-0.4, -0.2) is 46.2 Å². The number of aryl methyl sites for hydroxylation is 1. The predicted octanol–water partition coefficient (Wildman–Crippen LogP) is 2.12. The molecule has 0 aromatic heterocycles. The van der Waals surface area contributed by atoms with Crippen LogP contribution in [0.1, 0.15) is 31.8 Å². The Hall–Kier alpha value is -3.20. The molecule has 0 atom stereocenters. The molecule has 0 spiro atoms. The van der Waals surface area contributed by atoms with Crippen molar-refractivity contribution in [2.75, 3.05) is 25.3 Å². The molecule has 0 aliphatic heterocycles. The Morgan fingerprint density at radius 2 is 1.69 bits per heavy atom. The minimum Gasteiger partial charge on any atom is -0.465 e. The van der Waals surface area contributed by atoms with E-state index in [1.807, 2.05) is 0 Å². The van der Waals surface area contributed by atoms with Gasteiger partial charge < -0.3 is 14.8 Å². The van der Waals surface area contributed by atoms with Gasteiger partial charge in [0.1, 0.15) is 0 Å². The van der Waals surface area contributed by atoms with Gasteiger partial charge in [-0.1, -0.05) is 18.2 Å². The first-order valence-electron chi connectivity index (χ1n) is 8.51. The largest absolute Gasteiger partial charge is 0.465 e. The van der Waals surface area contributed by atoms with Crippen LogP contribution in [-0.2, 0) is 29.9 Å². The highest BCUT2D eigenvalue weighted by Gasteiger charge is 2.14. The number of nitrogens with one attached hydrogen (secondary N) is 1. The molecule has 0 saturated heterocycles. The Morgan fingerprint density at radius 1 is 1.00 bits per heavy atom. The number of carbonyl (C=O) groups excluding carboxylic acids is 3. The number of methoxy groups -OCH3 is 1. The molecular weight excluding hydrogens is 398 g/mol. The summed E-state index contributed by atoms with van der Waals surface area (Å²) in [7, 11) is -1.99. The van der Waals surface area contributed by atoms with Crippen molar-refractivity contribution in [1.82, 2.24) is 0 Å². The van der Waals surface area contributed by atoms with Gasteiger partial charge in [-0.25, -0.2) is 18.0 Å². The number of esters is 2. The van der Waals surface area contributed by atoms with E-state index in [1.165, 1.54) is 25.3 Å². The molecule has 0 bridgehead atoms. The van der Waals surface area contributed by atoms with Gasteiger partial charge in [0.25, 0.3) is 5.91 Å². The molecule has 1 N–H and O–H groups in total. The first-order chi connectivity index (χ1) is 13.6. The maximum Gasteiger partial charge on any atom is 0.338 e. The Labute approximate surface area is 168 Å². The van der Waals surface area contributed by atoms with E-state index in [0.29, 0.717) is 16.8 Å². The van der Waals surface area contributed by atoms with Gasteiger partial charge >= 0.3 is 11.9 Å². The lowest BCUT2D eigenvalue weighted by Gasteiger charge is -2.11. The van der Waals surface area contributed by atoms with Crippen molar-refractivity contribution < 1.29 is 32.3 Å². The van der Waals surface area contributed by atoms with Gasteiger partial charge in [0.2, 0.25) is 0 Å². The number of amides is 1. The van der Waals surface area contributed by atoms with Crippen LogP contribution in [0.4, 0.5) is 5.69 Å². The molecule has 8 nitrogen and oxygen atoms in total. The molecule has 0 fully saturated rings. The van der Waals surface area contributed by atoms with E-state index in [0.717, 1.165) is 6.26 Å². The Balaban J connectivity index is 2.00. The summed E-state index contributed by atoms with van der Waals surface area (Å²) in [4.78, 5) is 35.9. The fourth-order valence-corrected chi connectivity index (χ4v) is 3.28. The summed E-state index contributed by atoms with van der Waals surface area (Å²) in [5.74, 6) is -2.09. The third-order valence-electron chi connectivity index (χ3n) is 3.86. The zero-order chi connectivity index (χ0) is 21.6. The van der Waals surface area contributed by atoms with Crippen LogP contribution in [0, 0.1) is 6.92 Å². The van der Waals surface area contributed by atoms with Crippen LogP contribution in [0.15, 0.2) is 42.5 Å². The summed E-state index contributed by atoms with van der Waals surface area (Å²) < 4.78 is 32.4. The maximum atomic E-state index is 12.2. The van der Waals surface area contributed by atoms with Gasteiger partial charge in [-0.15, -0.1) is 0 Å². The molecule has 0 saturated carbocycles. The van der Waals surface area contributed by atoms with Crippen molar-refractivity contribution in [3.8, 4) is 0 Å². The molecule has 29 heavy (non-hydrogen) atoms. The lowest BCUT2D eigenvalue weighted by atomic mass is 10.1. The highest BCUT2D eigenvalue weighted by Crippen LogP contribution is 2.17. The Bertz CT molecular complexity index is 1040. The number of hydrogen-bond donors (Lipinski definition) is 1. The molecule has 1 amide bonds. The second-order valence-corrected chi connectivity index (χ2v) is 8.56. The summed E-state index contributed by atoms with van der Waals surface area (Å²) in [6, 6.07) is 10.7. The second-order valence-electron chi connectivity index (χ2n) is 6.42. The summed E-state index contributed by atoms with van der Waals surface area (Å²) in [5, 5.41) is 2.58. The van der Waals surface area contributed by atoms with Crippen LogP contribution in [0.25, 0.3) is 0 Å². The van der Waals surface area contributed by atoms with Gasteiger partial charge in [-0.2, -0.15) is 0 Å². The van der Waals surface area contributed by atoms with Crippen molar-refractivity contribution in [2.24, 2.45) is 0 Å². The van der Waals surface area contributed by atoms with E-state index in [2.05, 4.69) is 10.1 Å². The summed E-state index contributed by atoms with van der Waals surface area (Å²) in [6.45, 7) is 1.20. The van der Waals surface area contributed by atoms with Crippen molar-refractivity contribution in [2.45, 2.75) is 12.7 Å². The van der Waals surface area contributed by atoms with Gasteiger partial charge in [0, 0.05) is 11.9 Å². The fourth-order valence-electron chi connectivity index (χ4n) is 2.49. The summed E-state index contributed by atoms with van der Waals surface area (Å²) in [5.41, 5.74) is 1.97. The van der Waals surface area contributed by atoms with Gasteiger partial charge in [-0.3, -0.25) is 4.79 Å². The molecule has 0 unspecified atom stereocenters. The van der Waals surface area contributed by atoms with E-state index in [4.69, 9.17) is 4.74 Å². The molecule has 0 aliphatic rings. The molecular formula is C20H21NO7S. The molecule has 2 rings (SSSR count). The van der Waals surface area contributed by atoms with Gasteiger partial charge in [0.05, 0.1) is 24.0 Å². The molecule has 2 aromatic rings. The zero-order valence-corrected chi connectivity index (χ0v) is 17.0. The number of benzene rings is 2. The first kappa shape index (κ1) is 22.1. The SMILES string of the molecule is COC(=O)c1ccc(C)c(NC(=O)COC(=O)c2cccc(CS(C)(=O)=O)c2)c1. The standard InChI is InChI=1S/C20H21NO7S/c1-13-7-8-16(19(23)27-2)10-17(13)21-18(22)11-28-20(24)15-6-4-5-14(9-15)12-29(3,25)26/h4-10H,11-12H2,1-3H3,(H,21,22). The number of anilines is 1. The number of carbonyl (C=O) groups is 3. The van der Waals surface area contributed by atoms with Crippen molar-refractivity contribution in [1.29, 1.82) is 0 Å². The highest BCUT2D eigenvalue weighted by atomic mass is 32.2.